The van der Waals surface area contributed by atoms with Crippen molar-refractivity contribution in [1.29, 1.82) is 0 Å². The van der Waals surface area contributed by atoms with Crippen LogP contribution in [0, 0.1) is 5.92 Å². The number of ether oxygens (including phenoxy) is 2. The molecule has 0 bridgehead atoms. The van der Waals surface area contributed by atoms with Crippen LogP contribution in [0.5, 0.6) is 5.75 Å². The Kier molecular flexibility index (Phi) is 4.65. The van der Waals surface area contributed by atoms with Crippen molar-refractivity contribution in [3.05, 3.63) is 28.2 Å². The summed E-state index contributed by atoms with van der Waals surface area (Å²) in [5.74, 6) is 0.968. The molecule has 0 amide bonds. The van der Waals surface area contributed by atoms with E-state index in [9.17, 15) is 5.11 Å². The van der Waals surface area contributed by atoms with E-state index in [-0.39, 0.29) is 12.0 Å². The zero-order chi connectivity index (χ0) is 13.1. The average molecular weight is 315 g/mol. The highest BCUT2D eigenvalue weighted by Gasteiger charge is 2.33. The summed E-state index contributed by atoms with van der Waals surface area (Å²) >= 11 is 3.45. The number of hydrogen-bond donors (Lipinski definition) is 1. The molecule has 4 heteroatoms. The maximum atomic E-state index is 10.5. The SMILES string of the molecule is CCC1OCCC1C(O)c1ccc(OC)c(Br)c1. The fourth-order valence-corrected chi connectivity index (χ4v) is 3.12. The Hall–Kier alpha value is -0.580. The molecule has 0 saturated carbocycles. The molecule has 1 fully saturated rings. The Morgan fingerprint density at radius 2 is 2.33 bits per heavy atom. The highest BCUT2D eigenvalue weighted by Crippen LogP contribution is 2.37. The average Bonchev–Trinajstić information content (AvgIpc) is 2.86. The first-order valence-corrected chi connectivity index (χ1v) is 7.09. The summed E-state index contributed by atoms with van der Waals surface area (Å²) in [4.78, 5) is 0. The number of rotatable bonds is 4. The van der Waals surface area contributed by atoms with Gasteiger partial charge >= 0.3 is 0 Å². The monoisotopic (exact) mass is 314 g/mol. The molecule has 0 aromatic heterocycles. The third kappa shape index (κ3) is 2.71. The molecule has 0 spiro atoms. The summed E-state index contributed by atoms with van der Waals surface area (Å²) in [7, 11) is 1.63. The van der Waals surface area contributed by atoms with Gasteiger partial charge in [-0.15, -0.1) is 0 Å². The molecule has 0 radical (unpaired) electrons. The Bertz CT molecular complexity index is 408. The highest BCUT2D eigenvalue weighted by atomic mass is 79.9. The molecule has 1 aromatic carbocycles. The molecular formula is C14H19BrO3. The lowest BCUT2D eigenvalue weighted by atomic mass is 9.89. The van der Waals surface area contributed by atoms with Crippen molar-refractivity contribution in [2.24, 2.45) is 5.92 Å². The van der Waals surface area contributed by atoms with Gasteiger partial charge in [-0.3, -0.25) is 0 Å². The number of aliphatic hydroxyl groups is 1. The fourth-order valence-electron chi connectivity index (χ4n) is 2.56. The molecule has 3 nitrogen and oxygen atoms in total. The lowest BCUT2D eigenvalue weighted by Gasteiger charge is -2.23. The van der Waals surface area contributed by atoms with Gasteiger partial charge in [0.05, 0.1) is 23.8 Å². The molecule has 2 rings (SSSR count). The van der Waals surface area contributed by atoms with Crippen LogP contribution in [0.15, 0.2) is 22.7 Å². The van der Waals surface area contributed by atoms with Gasteiger partial charge in [0.2, 0.25) is 0 Å². The molecule has 1 aromatic rings. The Labute approximate surface area is 116 Å². The Morgan fingerprint density at radius 1 is 1.56 bits per heavy atom. The molecule has 100 valence electrons. The molecule has 1 N–H and O–H groups in total. The number of methoxy groups -OCH3 is 1. The second-order valence-corrected chi connectivity index (χ2v) is 5.46. The van der Waals surface area contributed by atoms with Crippen LogP contribution in [-0.2, 0) is 4.74 Å². The van der Waals surface area contributed by atoms with Crippen molar-refractivity contribution in [3.63, 3.8) is 0 Å². The van der Waals surface area contributed by atoms with Crippen LogP contribution in [0.4, 0.5) is 0 Å². The Morgan fingerprint density at radius 3 is 2.94 bits per heavy atom. The van der Waals surface area contributed by atoms with E-state index in [1.54, 1.807) is 7.11 Å². The van der Waals surface area contributed by atoms with Crippen molar-refractivity contribution >= 4 is 15.9 Å². The minimum atomic E-state index is -0.473. The summed E-state index contributed by atoms with van der Waals surface area (Å²) in [6.45, 7) is 2.84. The van der Waals surface area contributed by atoms with Gasteiger partial charge in [0, 0.05) is 12.5 Å². The van der Waals surface area contributed by atoms with Crippen LogP contribution in [0.2, 0.25) is 0 Å². The van der Waals surface area contributed by atoms with Crippen molar-refractivity contribution < 1.29 is 14.6 Å². The normalized spacial score (nSPS) is 25.1. The maximum Gasteiger partial charge on any atom is 0.133 e. The van der Waals surface area contributed by atoms with Gasteiger partial charge in [0.1, 0.15) is 5.75 Å². The van der Waals surface area contributed by atoms with Gasteiger partial charge in [0.15, 0.2) is 0 Å². The topological polar surface area (TPSA) is 38.7 Å². The second-order valence-electron chi connectivity index (χ2n) is 4.61. The first kappa shape index (κ1) is 13.8. The van der Waals surface area contributed by atoms with Crippen molar-refractivity contribution in [2.45, 2.75) is 32.0 Å². The van der Waals surface area contributed by atoms with E-state index in [1.807, 2.05) is 18.2 Å². The molecule has 0 aliphatic carbocycles. The lowest BCUT2D eigenvalue weighted by Crippen LogP contribution is -2.22. The smallest absolute Gasteiger partial charge is 0.133 e. The summed E-state index contributed by atoms with van der Waals surface area (Å²) in [5, 5.41) is 10.5. The van der Waals surface area contributed by atoms with E-state index in [0.29, 0.717) is 0 Å². The van der Waals surface area contributed by atoms with E-state index in [2.05, 4.69) is 22.9 Å². The standard InChI is InChI=1S/C14H19BrO3/c1-3-12-10(6-7-18-12)14(16)9-4-5-13(17-2)11(15)8-9/h4-5,8,10,12,14,16H,3,6-7H2,1-2H3. The van der Waals surface area contributed by atoms with E-state index in [4.69, 9.17) is 9.47 Å². The molecule has 1 heterocycles. The molecule has 3 unspecified atom stereocenters. The van der Waals surface area contributed by atoms with Crippen molar-refractivity contribution in [3.8, 4) is 5.75 Å². The summed E-state index contributed by atoms with van der Waals surface area (Å²) in [5.41, 5.74) is 0.914. The molecule has 1 aliphatic rings. The molecular weight excluding hydrogens is 296 g/mol. The predicted molar refractivity (Wildman–Crippen MR) is 73.8 cm³/mol. The van der Waals surface area contributed by atoms with Crippen LogP contribution in [0.3, 0.4) is 0 Å². The maximum absolute atomic E-state index is 10.5. The van der Waals surface area contributed by atoms with Crippen LogP contribution in [0.1, 0.15) is 31.4 Å². The van der Waals surface area contributed by atoms with Gasteiger partial charge in [0.25, 0.3) is 0 Å². The third-order valence-electron chi connectivity index (χ3n) is 3.59. The van der Waals surface area contributed by atoms with E-state index < -0.39 is 6.10 Å². The number of hydrogen-bond acceptors (Lipinski definition) is 3. The van der Waals surface area contributed by atoms with Gasteiger partial charge in [-0.1, -0.05) is 13.0 Å². The van der Waals surface area contributed by atoms with E-state index >= 15 is 0 Å². The van der Waals surface area contributed by atoms with Crippen LogP contribution >= 0.6 is 15.9 Å². The quantitative estimate of drug-likeness (QED) is 0.926. The summed E-state index contributed by atoms with van der Waals surface area (Å²) < 4.78 is 11.7. The fraction of sp³-hybridized carbons (Fsp3) is 0.571. The predicted octanol–water partition coefficient (Wildman–Crippen LogP) is 3.31. The van der Waals surface area contributed by atoms with Crippen molar-refractivity contribution in [1.82, 2.24) is 0 Å². The number of benzene rings is 1. The highest BCUT2D eigenvalue weighted by molar-refractivity contribution is 9.10. The molecule has 1 saturated heterocycles. The Balaban J connectivity index is 2.18. The first-order chi connectivity index (χ1) is 8.67. The third-order valence-corrected chi connectivity index (χ3v) is 4.21. The zero-order valence-corrected chi connectivity index (χ0v) is 12.3. The number of aliphatic hydroxyl groups excluding tert-OH is 1. The minimum absolute atomic E-state index is 0.167. The molecule has 18 heavy (non-hydrogen) atoms. The molecule has 3 atom stereocenters. The minimum Gasteiger partial charge on any atom is -0.496 e. The first-order valence-electron chi connectivity index (χ1n) is 6.30. The van der Waals surface area contributed by atoms with Crippen LogP contribution in [-0.4, -0.2) is 24.9 Å². The zero-order valence-electron chi connectivity index (χ0n) is 10.7. The van der Waals surface area contributed by atoms with Gasteiger partial charge in [-0.25, -0.2) is 0 Å². The largest absolute Gasteiger partial charge is 0.496 e. The van der Waals surface area contributed by atoms with Crippen molar-refractivity contribution in [2.75, 3.05) is 13.7 Å². The van der Waals surface area contributed by atoms with Gasteiger partial charge in [-0.2, -0.15) is 0 Å². The summed E-state index contributed by atoms with van der Waals surface area (Å²) in [6, 6.07) is 5.72. The molecule has 1 aliphatic heterocycles. The van der Waals surface area contributed by atoms with E-state index in [1.165, 1.54) is 0 Å². The van der Waals surface area contributed by atoms with Gasteiger partial charge in [-0.05, 0) is 46.5 Å². The van der Waals surface area contributed by atoms with Crippen LogP contribution in [0.25, 0.3) is 0 Å². The van der Waals surface area contributed by atoms with E-state index in [0.717, 1.165) is 35.2 Å². The lowest BCUT2D eigenvalue weighted by molar-refractivity contribution is 0.0307. The second kappa shape index (κ2) is 6.04. The number of halogens is 1. The van der Waals surface area contributed by atoms with Crippen LogP contribution < -0.4 is 4.74 Å². The van der Waals surface area contributed by atoms with Gasteiger partial charge < -0.3 is 14.6 Å². The summed E-state index contributed by atoms with van der Waals surface area (Å²) in [6.07, 6.45) is 1.56.